The maximum atomic E-state index is 5.73. The summed E-state index contributed by atoms with van der Waals surface area (Å²) < 4.78 is 5.73. The van der Waals surface area contributed by atoms with E-state index in [1.165, 1.54) is 19.3 Å². The highest BCUT2D eigenvalue weighted by atomic mass is 16.5. The van der Waals surface area contributed by atoms with Crippen LogP contribution in [0.4, 0.5) is 0 Å². The van der Waals surface area contributed by atoms with Gasteiger partial charge in [-0.25, -0.2) is 0 Å². The average molecular weight is 170 g/mol. The molecule has 0 radical (unpaired) electrons. The van der Waals surface area contributed by atoms with Crippen LogP contribution in [0.15, 0.2) is 0 Å². The van der Waals surface area contributed by atoms with Gasteiger partial charge in [0, 0.05) is 6.61 Å². The molecule has 0 saturated carbocycles. The van der Waals surface area contributed by atoms with Gasteiger partial charge < -0.3 is 4.74 Å². The second-order valence-electron chi connectivity index (χ2n) is 4.93. The van der Waals surface area contributed by atoms with Crippen molar-refractivity contribution in [1.29, 1.82) is 0 Å². The molecule has 1 aliphatic rings. The first-order valence-corrected chi connectivity index (χ1v) is 5.17. The van der Waals surface area contributed by atoms with E-state index in [0.29, 0.717) is 11.5 Å². The molecule has 72 valence electrons. The smallest absolute Gasteiger partial charge is 0.0609 e. The van der Waals surface area contributed by atoms with Gasteiger partial charge in [-0.15, -0.1) is 0 Å². The largest absolute Gasteiger partial charge is 0.378 e. The van der Waals surface area contributed by atoms with Crippen LogP contribution in [0.5, 0.6) is 0 Å². The Labute approximate surface area is 76.5 Å². The summed E-state index contributed by atoms with van der Waals surface area (Å²) >= 11 is 0. The summed E-state index contributed by atoms with van der Waals surface area (Å²) in [4.78, 5) is 0. The van der Waals surface area contributed by atoms with Gasteiger partial charge in [0.15, 0.2) is 0 Å². The molecular formula is C11H22O. The fourth-order valence-electron chi connectivity index (χ4n) is 2.35. The minimum atomic E-state index is 0.407. The van der Waals surface area contributed by atoms with Gasteiger partial charge in [0.1, 0.15) is 0 Å². The predicted octanol–water partition coefficient (Wildman–Crippen LogP) is 3.24. The van der Waals surface area contributed by atoms with Crippen LogP contribution in [-0.4, -0.2) is 12.7 Å². The summed E-state index contributed by atoms with van der Waals surface area (Å²) in [6.07, 6.45) is 4.32. The summed E-state index contributed by atoms with van der Waals surface area (Å²) in [6, 6.07) is 0. The minimum Gasteiger partial charge on any atom is -0.378 e. The van der Waals surface area contributed by atoms with Gasteiger partial charge in [0.05, 0.1) is 6.10 Å². The fourth-order valence-corrected chi connectivity index (χ4v) is 2.35. The normalized spacial score (nSPS) is 27.5. The Bertz CT molecular complexity index is 128. The van der Waals surface area contributed by atoms with Crippen molar-refractivity contribution in [3.05, 3.63) is 0 Å². The first kappa shape index (κ1) is 10.0. The zero-order valence-electron chi connectivity index (χ0n) is 8.89. The topological polar surface area (TPSA) is 9.23 Å². The monoisotopic (exact) mass is 170 g/mol. The SMILES string of the molecule is CCC(C1CCCO1)C(C)(C)C. The van der Waals surface area contributed by atoms with Crippen molar-refractivity contribution in [2.75, 3.05) is 6.61 Å². The third kappa shape index (κ3) is 2.22. The van der Waals surface area contributed by atoms with E-state index in [2.05, 4.69) is 27.7 Å². The molecule has 0 aliphatic carbocycles. The molecule has 0 aromatic heterocycles. The molecule has 1 fully saturated rings. The summed E-state index contributed by atoms with van der Waals surface area (Å²) in [5.74, 6) is 0.736. The highest BCUT2D eigenvalue weighted by molar-refractivity contribution is 4.82. The maximum Gasteiger partial charge on any atom is 0.0609 e. The Hall–Kier alpha value is -0.0400. The lowest BCUT2D eigenvalue weighted by molar-refractivity contribution is 0.0141. The molecule has 0 spiro atoms. The maximum absolute atomic E-state index is 5.73. The number of hydrogen-bond donors (Lipinski definition) is 0. The molecule has 1 rings (SSSR count). The summed E-state index contributed by atoms with van der Waals surface area (Å²) in [6.45, 7) is 10.2. The lowest BCUT2D eigenvalue weighted by Crippen LogP contribution is -2.31. The third-order valence-electron chi connectivity index (χ3n) is 2.97. The molecule has 2 unspecified atom stereocenters. The average Bonchev–Trinajstić information content (AvgIpc) is 2.38. The Morgan fingerprint density at radius 3 is 2.42 bits per heavy atom. The first-order valence-electron chi connectivity index (χ1n) is 5.17. The van der Waals surface area contributed by atoms with Gasteiger partial charge in [-0.05, 0) is 24.2 Å². The molecule has 1 heterocycles. The number of rotatable bonds is 2. The molecule has 2 atom stereocenters. The van der Waals surface area contributed by atoms with Gasteiger partial charge >= 0.3 is 0 Å². The van der Waals surface area contributed by atoms with E-state index in [-0.39, 0.29) is 0 Å². The molecule has 1 saturated heterocycles. The lowest BCUT2D eigenvalue weighted by Gasteiger charge is -2.34. The standard InChI is InChI=1S/C11H22O/c1-5-9(11(2,3)4)10-7-6-8-12-10/h9-10H,5-8H2,1-4H3. The lowest BCUT2D eigenvalue weighted by atomic mass is 9.75. The van der Waals surface area contributed by atoms with Crippen LogP contribution >= 0.6 is 0 Å². The Morgan fingerprint density at radius 1 is 1.42 bits per heavy atom. The molecular weight excluding hydrogens is 148 g/mol. The van der Waals surface area contributed by atoms with Crippen molar-refractivity contribution in [2.24, 2.45) is 11.3 Å². The first-order chi connectivity index (χ1) is 5.55. The Kier molecular flexibility index (Phi) is 3.16. The van der Waals surface area contributed by atoms with Crippen molar-refractivity contribution in [3.8, 4) is 0 Å². The molecule has 1 heteroatoms. The zero-order chi connectivity index (χ0) is 9.19. The van der Waals surface area contributed by atoms with Crippen LogP contribution < -0.4 is 0 Å². The molecule has 1 aliphatic heterocycles. The molecule has 0 aromatic carbocycles. The number of hydrogen-bond acceptors (Lipinski definition) is 1. The summed E-state index contributed by atoms with van der Waals surface area (Å²) in [5.41, 5.74) is 0.407. The molecule has 1 nitrogen and oxygen atoms in total. The van der Waals surface area contributed by atoms with E-state index in [1.807, 2.05) is 0 Å². The van der Waals surface area contributed by atoms with Crippen LogP contribution in [0.3, 0.4) is 0 Å². The second-order valence-corrected chi connectivity index (χ2v) is 4.93. The number of ether oxygens (including phenoxy) is 1. The van der Waals surface area contributed by atoms with E-state index in [9.17, 15) is 0 Å². The minimum absolute atomic E-state index is 0.407. The van der Waals surface area contributed by atoms with Crippen molar-refractivity contribution in [2.45, 2.75) is 53.1 Å². The highest BCUT2D eigenvalue weighted by Gasteiger charge is 2.33. The Morgan fingerprint density at radius 2 is 2.08 bits per heavy atom. The molecule has 12 heavy (non-hydrogen) atoms. The second kappa shape index (κ2) is 3.78. The van der Waals surface area contributed by atoms with Gasteiger partial charge in [0.25, 0.3) is 0 Å². The van der Waals surface area contributed by atoms with Gasteiger partial charge in [-0.1, -0.05) is 34.1 Å². The molecule has 0 amide bonds. The Balaban J connectivity index is 2.54. The predicted molar refractivity (Wildman–Crippen MR) is 52.2 cm³/mol. The van der Waals surface area contributed by atoms with Gasteiger partial charge in [-0.3, -0.25) is 0 Å². The van der Waals surface area contributed by atoms with Gasteiger partial charge in [0.2, 0.25) is 0 Å². The van der Waals surface area contributed by atoms with Crippen molar-refractivity contribution in [1.82, 2.24) is 0 Å². The van der Waals surface area contributed by atoms with Crippen LogP contribution in [0.2, 0.25) is 0 Å². The van der Waals surface area contributed by atoms with E-state index in [4.69, 9.17) is 4.74 Å². The van der Waals surface area contributed by atoms with E-state index in [0.717, 1.165) is 12.5 Å². The van der Waals surface area contributed by atoms with Crippen LogP contribution in [0.1, 0.15) is 47.0 Å². The van der Waals surface area contributed by atoms with Crippen LogP contribution in [-0.2, 0) is 4.74 Å². The van der Waals surface area contributed by atoms with Crippen LogP contribution in [0, 0.1) is 11.3 Å². The fraction of sp³-hybridized carbons (Fsp3) is 1.00. The molecule has 0 bridgehead atoms. The van der Waals surface area contributed by atoms with Crippen LogP contribution in [0.25, 0.3) is 0 Å². The van der Waals surface area contributed by atoms with Gasteiger partial charge in [-0.2, -0.15) is 0 Å². The van der Waals surface area contributed by atoms with Crippen molar-refractivity contribution < 1.29 is 4.74 Å². The highest BCUT2D eigenvalue weighted by Crippen LogP contribution is 2.36. The van der Waals surface area contributed by atoms with E-state index in [1.54, 1.807) is 0 Å². The van der Waals surface area contributed by atoms with Crippen molar-refractivity contribution >= 4 is 0 Å². The molecule has 0 N–H and O–H groups in total. The molecule has 0 aromatic rings. The van der Waals surface area contributed by atoms with E-state index < -0.39 is 0 Å². The quantitative estimate of drug-likeness (QED) is 0.618. The zero-order valence-corrected chi connectivity index (χ0v) is 8.89. The van der Waals surface area contributed by atoms with E-state index >= 15 is 0 Å². The third-order valence-corrected chi connectivity index (χ3v) is 2.97. The van der Waals surface area contributed by atoms with Crippen molar-refractivity contribution in [3.63, 3.8) is 0 Å². The summed E-state index contributed by atoms with van der Waals surface area (Å²) in [5, 5.41) is 0. The summed E-state index contributed by atoms with van der Waals surface area (Å²) in [7, 11) is 0.